The van der Waals surface area contributed by atoms with E-state index in [1.807, 2.05) is 0 Å². The van der Waals surface area contributed by atoms with E-state index in [1.54, 1.807) is 0 Å². The topological polar surface area (TPSA) is 109 Å². The zero-order valence-electron chi connectivity index (χ0n) is 6.73. The van der Waals surface area contributed by atoms with Crippen LogP contribution in [0.1, 0.15) is 5.69 Å². The molecule has 0 fully saturated rings. The van der Waals surface area contributed by atoms with Gasteiger partial charge in [0, 0.05) is 18.3 Å². The van der Waals surface area contributed by atoms with Crippen molar-refractivity contribution >= 4 is 5.97 Å². The summed E-state index contributed by atoms with van der Waals surface area (Å²) in [7, 11) is 0. The lowest BCUT2D eigenvalue weighted by molar-refractivity contribution is -0.138. The molecule has 0 aromatic carbocycles. The zero-order chi connectivity index (χ0) is 9.84. The van der Waals surface area contributed by atoms with Crippen molar-refractivity contribution < 1.29 is 9.90 Å². The molecule has 1 atom stereocenters. The Kier molecular flexibility index (Phi) is 2.76. The summed E-state index contributed by atoms with van der Waals surface area (Å²) in [6.45, 7) is 0. The molecule has 6 nitrogen and oxygen atoms in total. The van der Waals surface area contributed by atoms with Crippen molar-refractivity contribution in [1.82, 2.24) is 9.97 Å². The van der Waals surface area contributed by atoms with Crippen LogP contribution in [0, 0.1) is 0 Å². The van der Waals surface area contributed by atoms with Crippen LogP contribution in [-0.4, -0.2) is 27.1 Å². The van der Waals surface area contributed by atoms with Crippen molar-refractivity contribution in [1.29, 1.82) is 0 Å². The minimum Gasteiger partial charge on any atom is -0.480 e. The van der Waals surface area contributed by atoms with Crippen LogP contribution in [0.15, 0.2) is 17.1 Å². The number of hydrogen-bond acceptors (Lipinski definition) is 4. The number of carbonyl (C=O) groups is 1. The van der Waals surface area contributed by atoms with Crippen LogP contribution < -0.4 is 11.4 Å². The third kappa shape index (κ3) is 2.68. The Balaban J connectivity index is 2.75. The van der Waals surface area contributed by atoms with Gasteiger partial charge in [-0.1, -0.05) is 0 Å². The Bertz CT molecular complexity index is 360. The normalized spacial score (nSPS) is 12.4. The maximum absolute atomic E-state index is 10.7. The lowest BCUT2D eigenvalue weighted by Crippen LogP contribution is -2.33. The maximum Gasteiger partial charge on any atom is 0.345 e. The highest BCUT2D eigenvalue weighted by molar-refractivity contribution is 5.73. The van der Waals surface area contributed by atoms with Gasteiger partial charge in [-0.05, 0) is 6.07 Å². The predicted octanol–water partition coefficient (Wildman–Crippen LogP) is -1.28. The number of aromatic amines is 1. The SMILES string of the molecule is NC(Cc1ccnc(=O)[nH]1)C(=O)O. The summed E-state index contributed by atoms with van der Waals surface area (Å²) >= 11 is 0. The molecule has 70 valence electrons. The van der Waals surface area contributed by atoms with Gasteiger partial charge < -0.3 is 15.8 Å². The van der Waals surface area contributed by atoms with Gasteiger partial charge in [-0.2, -0.15) is 0 Å². The first-order valence-electron chi connectivity index (χ1n) is 3.62. The Morgan fingerprint density at radius 3 is 3.00 bits per heavy atom. The number of rotatable bonds is 3. The number of carboxylic acids is 1. The van der Waals surface area contributed by atoms with Crippen LogP contribution in [0.5, 0.6) is 0 Å². The molecule has 0 aliphatic rings. The zero-order valence-corrected chi connectivity index (χ0v) is 6.73. The van der Waals surface area contributed by atoms with Crippen LogP contribution in [0.4, 0.5) is 0 Å². The van der Waals surface area contributed by atoms with E-state index >= 15 is 0 Å². The highest BCUT2D eigenvalue weighted by Gasteiger charge is 2.12. The van der Waals surface area contributed by atoms with Gasteiger partial charge in [0.2, 0.25) is 0 Å². The number of aromatic nitrogens is 2. The summed E-state index contributed by atoms with van der Waals surface area (Å²) < 4.78 is 0. The molecule has 0 spiro atoms. The van der Waals surface area contributed by atoms with Crippen molar-refractivity contribution in [2.75, 3.05) is 0 Å². The smallest absolute Gasteiger partial charge is 0.345 e. The largest absolute Gasteiger partial charge is 0.480 e. The number of nitrogens with zero attached hydrogens (tertiary/aromatic N) is 1. The molecule has 1 heterocycles. The summed E-state index contributed by atoms with van der Waals surface area (Å²) in [5.41, 5.74) is 5.22. The Morgan fingerprint density at radius 2 is 2.46 bits per heavy atom. The molecule has 0 amide bonds. The van der Waals surface area contributed by atoms with Gasteiger partial charge in [-0.25, -0.2) is 9.78 Å². The van der Waals surface area contributed by atoms with Crippen molar-refractivity contribution in [3.63, 3.8) is 0 Å². The van der Waals surface area contributed by atoms with Gasteiger partial charge >= 0.3 is 11.7 Å². The number of aliphatic carboxylic acids is 1. The van der Waals surface area contributed by atoms with Crippen molar-refractivity contribution in [3.05, 3.63) is 28.4 Å². The molecule has 6 heteroatoms. The second-order valence-corrected chi connectivity index (χ2v) is 2.55. The van der Waals surface area contributed by atoms with Crippen LogP contribution in [-0.2, 0) is 11.2 Å². The van der Waals surface area contributed by atoms with Crippen LogP contribution in [0.25, 0.3) is 0 Å². The third-order valence-electron chi connectivity index (χ3n) is 1.49. The van der Waals surface area contributed by atoms with Gasteiger partial charge in [0.1, 0.15) is 6.04 Å². The summed E-state index contributed by atoms with van der Waals surface area (Å²) in [4.78, 5) is 26.8. The van der Waals surface area contributed by atoms with Crippen LogP contribution in [0.3, 0.4) is 0 Å². The monoisotopic (exact) mass is 183 g/mol. The molecule has 1 aromatic heterocycles. The fourth-order valence-electron chi connectivity index (χ4n) is 0.850. The summed E-state index contributed by atoms with van der Waals surface area (Å²) in [5, 5.41) is 8.48. The fourth-order valence-corrected chi connectivity index (χ4v) is 0.850. The second kappa shape index (κ2) is 3.81. The van der Waals surface area contributed by atoms with E-state index < -0.39 is 17.7 Å². The average molecular weight is 183 g/mol. The van der Waals surface area contributed by atoms with E-state index in [0.29, 0.717) is 5.69 Å². The molecule has 1 aromatic rings. The number of nitrogens with one attached hydrogen (secondary N) is 1. The molecule has 0 radical (unpaired) electrons. The van der Waals surface area contributed by atoms with E-state index in [9.17, 15) is 9.59 Å². The number of nitrogens with two attached hydrogens (primary N) is 1. The summed E-state index contributed by atoms with van der Waals surface area (Å²) in [5.74, 6) is -1.10. The maximum atomic E-state index is 10.7. The highest BCUT2D eigenvalue weighted by atomic mass is 16.4. The first-order valence-corrected chi connectivity index (χ1v) is 3.62. The predicted molar refractivity (Wildman–Crippen MR) is 44.2 cm³/mol. The molecule has 0 aliphatic carbocycles. The number of hydrogen-bond donors (Lipinski definition) is 3. The van der Waals surface area contributed by atoms with Gasteiger partial charge in [-0.3, -0.25) is 4.79 Å². The molecule has 1 rings (SSSR count). The standard InChI is InChI=1S/C7H9N3O3/c8-5(6(11)12)3-4-1-2-9-7(13)10-4/h1-2,5H,3,8H2,(H,11,12)(H,9,10,13). The van der Waals surface area contributed by atoms with Gasteiger partial charge in [0.15, 0.2) is 0 Å². The summed E-state index contributed by atoms with van der Waals surface area (Å²) in [6, 6.07) is 0.516. The fraction of sp³-hybridized carbons (Fsp3) is 0.286. The molecule has 0 aliphatic heterocycles. The van der Waals surface area contributed by atoms with Gasteiger partial charge in [0.05, 0.1) is 0 Å². The van der Waals surface area contributed by atoms with E-state index in [0.717, 1.165) is 0 Å². The van der Waals surface area contributed by atoms with E-state index in [1.165, 1.54) is 12.3 Å². The van der Waals surface area contributed by atoms with E-state index in [4.69, 9.17) is 10.8 Å². The lowest BCUT2D eigenvalue weighted by Gasteiger charge is -2.04. The average Bonchev–Trinajstić information content (AvgIpc) is 2.04. The molecule has 0 saturated heterocycles. The Hall–Kier alpha value is -1.69. The lowest BCUT2D eigenvalue weighted by atomic mass is 10.2. The minimum absolute atomic E-state index is 0.0904. The minimum atomic E-state index is -1.10. The molecule has 0 saturated carbocycles. The van der Waals surface area contributed by atoms with Gasteiger partial charge in [-0.15, -0.1) is 0 Å². The van der Waals surface area contributed by atoms with Crippen LogP contribution >= 0.6 is 0 Å². The molecule has 0 bridgehead atoms. The first-order chi connectivity index (χ1) is 6.09. The third-order valence-corrected chi connectivity index (χ3v) is 1.49. The quantitative estimate of drug-likeness (QED) is 0.541. The van der Waals surface area contributed by atoms with Crippen molar-refractivity contribution in [2.24, 2.45) is 5.73 Å². The number of carboxylic acid groups (broad SMARTS) is 1. The van der Waals surface area contributed by atoms with Crippen LogP contribution in [0.2, 0.25) is 0 Å². The van der Waals surface area contributed by atoms with Crippen molar-refractivity contribution in [2.45, 2.75) is 12.5 Å². The van der Waals surface area contributed by atoms with E-state index in [-0.39, 0.29) is 6.42 Å². The molecular formula is C7H9N3O3. The molecule has 4 N–H and O–H groups in total. The molecular weight excluding hydrogens is 174 g/mol. The van der Waals surface area contributed by atoms with Crippen molar-refractivity contribution in [3.8, 4) is 0 Å². The molecule has 1 unspecified atom stereocenters. The van der Waals surface area contributed by atoms with E-state index in [2.05, 4.69) is 9.97 Å². The number of H-pyrrole nitrogens is 1. The Labute approximate surface area is 73.4 Å². The molecule has 13 heavy (non-hydrogen) atoms. The van der Waals surface area contributed by atoms with Gasteiger partial charge in [0.25, 0.3) is 0 Å². The highest BCUT2D eigenvalue weighted by Crippen LogP contribution is 1.94. The first kappa shape index (κ1) is 9.40. The second-order valence-electron chi connectivity index (χ2n) is 2.55. The summed E-state index contributed by atoms with van der Waals surface area (Å²) in [6.07, 6.45) is 1.40. The Morgan fingerprint density at radius 1 is 1.77 bits per heavy atom.